The van der Waals surface area contributed by atoms with Gasteiger partial charge in [-0.1, -0.05) is 32.4 Å². The first-order valence-electron chi connectivity index (χ1n) is 8.96. The maximum atomic E-state index is 10.4. The summed E-state index contributed by atoms with van der Waals surface area (Å²) >= 11 is 0. The van der Waals surface area contributed by atoms with Crippen molar-refractivity contribution in [2.24, 2.45) is 23.2 Å². The highest BCUT2D eigenvalue weighted by atomic mass is 16.3. The van der Waals surface area contributed by atoms with Crippen molar-refractivity contribution in [1.29, 1.82) is 0 Å². The monoisotopic (exact) mass is 302 g/mol. The van der Waals surface area contributed by atoms with Crippen molar-refractivity contribution in [2.75, 3.05) is 0 Å². The average Bonchev–Trinajstić information content (AvgIpc) is 2.83. The molecule has 0 heterocycles. The first-order chi connectivity index (χ1) is 10.5. The number of rotatable bonds is 4. The Morgan fingerprint density at radius 1 is 1.27 bits per heavy atom. The molecule has 122 valence electrons. The number of aliphatic hydroxyl groups excluding tert-OH is 1. The quantitative estimate of drug-likeness (QED) is 0.857. The van der Waals surface area contributed by atoms with E-state index in [9.17, 15) is 10.2 Å². The fourth-order valence-electron chi connectivity index (χ4n) is 5.43. The van der Waals surface area contributed by atoms with Gasteiger partial charge in [-0.2, -0.15) is 0 Å². The smallest absolute Gasteiger partial charge is 0.115 e. The van der Waals surface area contributed by atoms with Gasteiger partial charge in [0.05, 0.1) is 6.10 Å². The standard InChI is InChI=1S/C20H30O2/c1-14(8-9-15-5-3-6-16(21)13-15)17-10-11-18-19(22)7-4-12-20(17,18)2/h3,5-6,13-14,17-19,21-22H,4,7-12H2,1-2H3/t14-,17-,18+,19+,20-/m1/s1. The van der Waals surface area contributed by atoms with Gasteiger partial charge < -0.3 is 10.2 Å². The molecule has 0 aliphatic heterocycles. The van der Waals surface area contributed by atoms with E-state index in [1.54, 1.807) is 6.07 Å². The van der Waals surface area contributed by atoms with Crippen LogP contribution in [-0.2, 0) is 6.42 Å². The van der Waals surface area contributed by atoms with Crippen LogP contribution < -0.4 is 0 Å². The first kappa shape index (κ1) is 15.9. The van der Waals surface area contributed by atoms with Crippen LogP contribution in [0.15, 0.2) is 24.3 Å². The Balaban J connectivity index is 1.64. The van der Waals surface area contributed by atoms with Crippen molar-refractivity contribution < 1.29 is 10.2 Å². The molecule has 1 aromatic carbocycles. The summed E-state index contributed by atoms with van der Waals surface area (Å²) in [5.41, 5.74) is 1.57. The lowest BCUT2D eigenvalue weighted by Gasteiger charge is -2.45. The second kappa shape index (κ2) is 6.23. The van der Waals surface area contributed by atoms with Gasteiger partial charge in [0.2, 0.25) is 0 Å². The molecule has 2 aliphatic rings. The average molecular weight is 302 g/mol. The van der Waals surface area contributed by atoms with Crippen LogP contribution >= 0.6 is 0 Å². The van der Waals surface area contributed by atoms with Crippen LogP contribution in [0.1, 0.15) is 57.9 Å². The lowest BCUT2D eigenvalue weighted by atomic mass is 9.61. The van der Waals surface area contributed by atoms with Gasteiger partial charge in [-0.15, -0.1) is 0 Å². The molecule has 2 aliphatic carbocycles. The molecule has 2 fully saturated rings. The third-order valence-electron chi connectivity index (χ3n) is 6.65. The van der Waals surface area contributed by atoms with Gasteiger partial charge in [-0.25, -0.2) is 0 Å². The van der Waals surface area contributed by atoms with Gasteiger partial charge in [0.15, 0.2) is 0 Å². The number of benzene rings is 1. The molecular formula is C20H30O2. The highest BCUT2D eigenvalue weighted by Gasteiger charge is 2.51. The molecule has 22 heavy (non-hydrogen) atoms. The normalized spacial score (nSPS) is 36.0. The highest BCUT2D eigenvalue weighted by Crippen LogP contribution is 2.58. The molecule has 2 heteroatoms. The zero-order chi connectivity index (χ0) is 15.7. The zero-order valence-corrected chi connectivity index (χ0v) is 14.0. The molecule has 1 aromatic rings. The van der Waals surface area contributed by atoms with Gasteiger partial charge in [0.25, 0.3) is 0 Å². The molecule has 0 unspecified atom stereocenters. The van der Waals surface area contributed by atoms with Gasteiger partial charge in [-0.3, -0.25) is 0 Å². The van der Waals surface area contributed by atoms with Gasteiger partial charge in [0.1, 0.15) is 5.75 Å². The minimum atomic E-state index is -0.0676. The number of hydrogen-bond donors (Lipinski definition) is 2. The van der Waals surface area contributed by atoms with E-state index in [2.05, 4.69) is 19.9 Å². The second-order valence-electron chi connectivity index (χ2n) is 7.94. The molecule has 0 radical (unpaired) electrons. The van der Waals surface area contributed by atoms with Crippen LogP contribution in [0.5, 0.6) is 5.75 Å². The van der Waals surface area contributed by atoms with Crippen molar-refractivity contribution in [1.82, 2.24) is 0 Å². The molecule has 2 saturated carbocycles. The van der Waals surface area contributed by atoms with Crippen LogP contribution in [0.2, 0.25) is 0 Å². The van der Waals surface area contributed by atoms with Crippen molar-refractivity contribution in [3.05, 3.63) is 29.8 Å². The summed E-state index contributed by atoms with van der Waals surface area (Å²) < 4.78 is 0. The zero-order valence-electron chi connectivity index (χ0n) is 14.0. The summed E-state index contributed by atoms with van der Waals surface area (Å²) in [4.78, 5) is 0. The van der Waals surface area contributed by atoms with E-state index in [0.29, 0.717) is 23.0 Å². The summed E-state index contributed by atoms with van der Waals surface area (Å²) in [6.07, 6.45) is 8.10. The van der Waals surface area contributed by atoms with Gasteiger partial charge >= 0.3 is 0 Å². The van der Waals surface area contributed by atoms with Crippen LogP contribution in [0.3, 0.4) is 0 Å². The van der Waals surface area contributed by atoms with Crippen LogP contribution in [-0.4, -0.2) is 16.3 Å². The Bertz CT molecular complexity index is 512. The van der Waals surface area contributed by atoms with E-state index in [4.69, 9.17) is 0 Å². The molecular weight excluding hydrogens is 272 g/mol. The Labute approximate surface area is 134 Å². The first-order valence-corrected chi connectivity index (χ1v) is 8.96. The molecule has 2 N–H and O–H groups in total. The topological polar surface area (TPSA) is 40.5 Å². The van der Waals surface area contributed by atoms with Crippen LogP contribution in [0.4, 0.5) is 0 Å². The molecule has 3 rings (SSSR count). The molecule has 0 aromatic heterocycles. The largest absolute Gasteiger partial charge is 0.508 e. The Hall–Kier alpha value is -1.02. The summed E-state index contributed by atoms with van der Waals surface area (Å²) in [5, 5.41) is 19.9. The number of phenolic OH excluding ortho intramolecular Hbond substituents is 1. The van der Waals surface area contributed by atoms with Crippen molar-refractivity contribution in [3.8, 4) is 5.75 Å². The molecule has 0 bridgehead atoms. The molecule has 0 saturated heterocycles. The summed E-state index contributed by atoms with van der Waals surface area (Å²) in [7, 11) is 0. The molecule has 0 amide bonds. The maximum absolute atomic E-state index is 10.4. The Morgan fingerprint density at radius 2 is 2.09 bits per heavy atom. The van der Waals surface area contributed by atoms with E-state index in [-0.39, 0.29) is 6.10 Å². The summed E-state index contributed by atoms with van der Waals surface area (Å²) in [6, 6.07) is 7.66. The number of aryl methyl sites for hydroxylation is 1. The third-order valence-corrected chi connectivity index (χ3v) is 6.65. The van der Waals surface area contributed by atoms with Crippen molar-refractivity contribution >= 4 is 0 Å². The number of aliphatic hydroxyl groups is 1. The highest BCUT2D eigenvalue weighted by molar-refractivity contribution is 5.27. The number of fused-ring (bicyclic) bond motifs is 1. The van der Waals surface area contributed by atoms with Gasteiger partial charge in [-0.05, 0) is 79.4 Å². The Morgan fingerprint density at radius 3 is 2.86 bits per heavy atom. The van der Waals surface area contributed by atoms with Crippen molar-refractivity contribution in [3.63, 3.8) is 0 Å². The second-order valence-corrected chi connectivity index (χ2v) is 7.94. The third kappa shape index (κ3) is 2.90. The maximum Gasteiger partial charge on any atom is 0.115 e. The van der Waals surface area contributed by atoms with Crippen LogP contribution in [0, 0.1) is 23.2 Å². The molecule has 0 spiro atoms. The fourth-order valence-corrected chi connectivity index (χ4v) is 5.43. The van der Waals surface area contributed by atoms with Crippen molar-refractivity contribution in [2.45, 2.75) is 64.9 Å². The minimum absolute atomic E-state index is 0.0676. The predicted molar refractivity (Wildman–Crippen MR) is 89.8 cm³/mol. The van der Waals surface area contributed by atoms with Gasteiger partial charge in [0, 0.05) is 0 Å². The van der Waals surface area contributed by atoms with E-state index < -0.39 is 0 Å². The lowest BCUT2D eigenvalue weighted by Crippen LogP contribution is -2.41. The fraction of sp³-hybridized carbons (Fsp3) is 0.700. The van der Waals surface area contributed by atoms with E-state index in [1.165, 1.54) is 37.7 Å². The number of hydrogen-bond acceptors (Lipinski definition) is 2. The predicted octanol–water partition coefficient (Wildman–Crippen LogP) is 4.54. The SMILES string of the molecule is C[C@H](CCc1cccc(O)c1)[C@H]1CC[C@H]2[C@@H](O)CCC[C@]12C. The van der Waals surface area contributed by atoms with Crippen LogP contribution in [0.25, 0.3) is 0 Å². The van der Waals surface area contributed by atoms with E-state index >= 15 is 0 Å². The Kier molecular flexibility index (Phi) is 4.49. The van der Waals surface area contributed by atoms with E-state index in [0.717, 1.165) is 18.8 Å². The number of aromatic hydroxyl groups is 1. The molecule has 5 atom stereocenters. The summed E-state index contributed by atoms with van der Waals surface area (Å²) in [5.74, 6) is 2.32. The summed E-state index contributed by atoms with van der Waals surface area (Å²) in [6.45, 7) is 4.82. The lowest BCUT2D eigenvalue weighted by molar-refractivity contribution is -0.0275. The van der Waals surface area contributed by atoms with E-state index in [1.807, 2.05) is 12.1 Å². The minimum Gasteiger partial charge on any atom is -0.508 e. The molecule has 2 nitrogen and oxygen atoms in total. The number of phenols is 1.